The van der Waals surface area contributed by atoms with Crippen LogP contribution in [0.2, 0.25) is 0 Å². The summed E-state index contributed by atoms with van der Waals surface area (Å²) in [6, 6.07) is 9.71. The second kappa shape index (κ2) is 7.50. The number of furan rings is 1. The Kier molecular flexibility index (Phi) is 5.29. The lowest BCUT2D eigenvalue weighted by Crippen LogP contribution is -2.30. The van der Waals surface area contributed by atoms with Gasteiger partial charge < -0.3 is 9.15 Å². The summed E-state index contributed by atoms with van der Waals surface area (Å²) in [5, 5.41) is 0. The van der Waals surface area contributed by atoms with Gasteiger partial charge in [0.15, 0.2) is 5.70 Å². The molecule has 1 aliphatic rings. The van der Waals surface area contributed by atoms with Gasteiger partial charge in [-0.3, -0.25) is 0 Å². The van der Waals surface area contributed by atoms with E-state index in [2.05, 4.69) is 4.99 Å². The third kappa shape index (κ3) is 3.86. The molecule has 1 aromatic heterocycles. The van der Waals surface area contributed by atoms with Crippen molar-refractivity contribution in [1.29, 1.82) is 0 Å². The zero-order valence-electron chi connectivity index (χ0n) is 15.3. The molecule has 0 bridgehead atoms. The summed E-state index contributed by atoms with van der Waals surface area (Å²) >= 11 is 0. The maximum atomic E-state index is 12.7. The molecule has 142 valence electrons. The van der Waals surface area contributed by atoms with Crippen molar-refractivity contribution in [2.24, 2.45) is 4.99 Å². The van der Waals surface area contributed by atoms with Crippen molar-refractivity contribution in [2.45, 2.75) is 25.7 Å². The highest BCUT2D eigenvalue weighted by Gasteiger charge is 2.27. The Bertz CT molecular complexity index is 1030. The molecular weight excluding hydrogens is 368 g/mol. The van der Waals surface area contributed by atoms with Gasteiger partial charge in [-0.05, 0) is 37.3 Å². The number of benzene rings is 1. The van der Waals surface area contributed by atoms with Crippen molar-refractivity contribution in [1.82, 2.24) is 4.31 Å². The quantitative estimate of drug-likeness (QED) is 0.561. The number of aryl methyl sites for hydroxylation is 1. The smallest absolute Gasteiger partial charge is 0.363 e. The first-order valence-electron chi connectivity index (χ1n) is 8.54. The standard InChI is InChI=1S/C19H20N2O5S/c1-4-21(5-2)27(23,24)16-8-6-7-14(11-16)18-20-17(19(22)26-18)12-15-10-9-13(3)25-15/h6-12H,4-5H2,1-3H3/b17-12-. The van der Waals surface area contributed by atoms with E-state index in [0.29, 0.717) is 30.2 Å². The summed E-state index contributed by atoms with van der Waals surface area (Å²) in [6.45, 7) is 6.09. The monoisotopic (exact) mass is 388 g/mol. The van der Waals surface area contributed by atoms with Gasteiger partial charge >= 0.3 is 5.97 Å². The van der Waals surface area contributed by atoms with Crippen LogP contribution in [0.25, 0.3) is 6.08 Å². The van der Waals surface area contributed by atoms with Gasteiger partial charge in [0.05, 0.1) is 4.90 Å². The highest BCUT2D eigenvalue weighted by atomic mass is 32.2. The first-order valence-corrected chi connectivity index (χ1v) is 9.98. The molecule has 7 nitrogen and oxygen atoms in total. The number of cyclic esters (lactones) is 1. The molecule has 0 atom stereocenters. The molecule has 3 rings (SSSR count). The number of hydrogen-bond acceptors (Lipinski definition) is 6. The summed E-state index contributed by atoms with van der Waals surface area (Å²) in [6.07, 6.45) is 1.48. The largest absolute Gasteiger partial charge is 0.462 e. The van der Waals surface area contributed by atoms with Crippen LogP contribution in [0.1, 0.15) is 30.9 Å². The molecule has 0 saturated carbocycles. The summed E-state index contributed by atoms with van der Waals surface area (Å²) < 4.78 is 37.4. The van der Waals surface area contributed by atoms with E-state index in [-0.39, 0.29) is 16.5 Å². The number of aliphatic imine (C=N–C) groups is 1. The van der Waals surface area contributed by atoms with Gasteiger partial charge in [0.1, 0.15) is 11.5 Å². The van der Waals surface area contributed by atoms with Crippen LogP contribution in [0, 0.1) is 6.92 Å². The Morgan fingerprint density at radius 1 is 1.15 bits per heavy atom. The van der Waals surface area contributed by atoms with Crippen LogP contribution in [0.4, 0.5) is 0 Å². The van der Waals surface area contributed by atoms with Gasteiger partial charge in [0, 0.05) is 24.7 Å². The van der Waals surface area contributed by atoms with Gasteiger partial charge in [-0.2, -0.15) is 4.31 Å². The molecule has 0 spiro atoms. The molecule has 2 aromatic rings. The van der Waals surface area contributed by atoms with E-state index >= 15 is 0 Å². The van der Waals surface area contributed by atoms with Crippen LogP contribution in [0.5, 0.6) is 0 Å². The van der Waals surface area contributed by atoms with E-state index in [4.69, 9.17) is 9.15 Å². The van der Waals surface area contributed by atoms with E-state index in [1.54, 1.807) is 45.0 Å². The Labute approximate surface area is 158 Å². The Hall–Kier alpha value is -2.71. The number of rotatable bonds is 6. The van der Waals surface area contributed by atoms with Gasteiger partial charge in [-0.25, -0.2) is 18.2 Å². The Balaban J connectivity index is 1.95. The van der Waals surface area contributed by atoms with Crippen molar-refractivity contribution in [3.05, 3.63) is 59.2 Å². The zero-order chi connectivity index (χ0) is 19.6. The van der Waals surface area contributed by atoms with Gasteiger partial charge in [-0.1, -0.05) is 19.9 Å². The SMILES string of the molecule is CCN(CC)S(=O)(=O)c1cccc(C2=N/C(=C\c3ccc(C)o3)C(=O)O2)c1. The number of esters is 1. The van der Waals surface area contributed by atoms with Crippen LogP contribution in [0.15, 0.2) is 56.4 Å². The Morgan fingerprint density at radius 3 is 2.52 bits per heavy atom. The number of sulfonamides is 1. The lowest BCUT2D eigenvalue weighted by atomic mass is 10.2. The molecule has 1 aliphatic heterocycles. The van der Waals surface area contributed by atoms with E-state index in [9.17, 15) is 13.2 Å². The molecular formula is C19H20N2O5S. The van der Waals surface area contributed by atoms with Crippen molar-refractivity contribution in [2.75, 3.05) is 13.1 Å². The zero-order valence-corrected chi connectivity index (χ0v) is 16.1. The summed E-state index contributed by atoms with van der Waals surface area (Å²) in [5.74, 6) is 0.649. The van der Waals surface area contributed by atoms with Crippen LogP contribution in [0.3, 0.4) is 0 Å². The number of ether oxygens (including phenoxy) is 1. The number of nitrogens with zero attached hydrogens (tertiary/aromatic N) is 2. The van der Waals surface area contributed by atoms with E-state index in [0.717, 1.165) is 0 Å². The van der Waals surface area contributed by atoms with Gasteiger partial charge in [0.2, 0.25) is 15.9 Å². The van der Waals surface area contributed by atoms with E-state index in [1.165, 1.54) is 22.5 Å². The van der Waals surface area contributed by atoms with Gasteiger partial charge in [-0.15, -0.1) is 0 Å². The van der Waals surface area contributed by atoms with Crippen molar-refractivity contribution >= 4 is 28.0 Å². The predicted molar refractivity (Wildman–Crippen MR) is 101 cm³/mol. The molecule has 2 heterocycles. The normalized spacial score (nSPS) is 16.1. The first-order chi connectivity index (χ1) is 12.8. The minimum atomic E-state index is -3.62. The minimum absolute atomic E-state index is 0.0612. The average Bonchev–Trinajstić information content (AvgIpc) is 3.22. The summed E-state index contributed by atoms with van der Waals surface area (Å²) in [5.41, 5.74) is 0.506. The van der Waals surface area contributed by atoms with Gasteiger partial charge in [0.25, 0.3) is 0 Å². The maximum absolute atomic E-state index is 12.7. The number of carbonyl (C=O) groups is 1. The lowest BCUT2D eigenvalue weighted by molar-refractivity contribution is -0.129. The third-order valence-electron chi connectivity index (χ3n) is 4.08. The minimum Gasteiger partial charge on any atom is -0.462 e. The van der Waals surface area contributed by atoms with Crippen molar-refractivity contribution in [3.63, 3.8) is 0 Å². The fourth-order valence-electron chi connectivity index (χ4n) is 2.70. The molecule has 27 heavy (non-hydrogen) atoms. The molecule has 0 unspecified atom stereocenters. The fraction of sp³-hybridized carbons (Fsp3) is 0.263. The molecule has 8 heteroatoms. The lowest BCUT2D eigenvalue weighted by Gasteiger charge is -2.18. The molecule has 0 saturated heterocycles. The highest BCUT2D eigenvalue weighted by Crippen LogP contribution is 2.23. The molecule has 1 aromatic carbocycles. The average molecular weight is 388 g/mol. The van der Waals surface area contributed by atoms with Crippen LogP contribution >= 0.6 is 0 Å². The van der Waals surface area contributed by atoms with Crippen LogP contribution in [-0.2, 0) is 19.6 Å². The Morgan fingerprint density at radius 2 is 1.89 bits per heavy atom. The topological polar surface area (TPSA) is 89.2 Å². The highest BCUT2D eigenvalue weighted by molar-refractivity contribution is 7.89. The summed E-state index contributed by atoms with van der Waals surface area (Å²) in [4.78, 5) is 16.4. The predicted octanol–water partition coefficient (Wildman–Crippen LogP) is 2.96. The van der Waals surface area contributed by atoms with Crippen molar-refractivity contribution in [3.8, 4) is 0 Å². The van der Waals surface area contributed by atoms with Crippen molar-refractivity contribution < 1.29 is 22.4 Å². The number of hydrogen-bond donors (Lipinski definition) is 0. The third-order valence-corrected chi connectivity index (χ3v) is 6.13. The van der Waals surface area contributed by atoms with E-state index < -0.39 is 16.0 Å². The van der Waals surface area contributed by atoms with E-state index in [1.807, 2.05) is 0 Å². The van der Waals surface area contributed by atoms with Crippen LogP contribution < -0.4 is 0 Å². The molecule has 0 fully saturated rings. The molecule has 0 amide bonds. The number of carbonyl (C=O) groups excluding carboxylic acids is 1. The molecule has 0 radical (unpaired) electrons. The molecule has 0 aliphatic carbocycles. The fourth-order valence-corrected chi connectivity index (χ4v) is 4.20. The summed E-state index contributed by atoms with van der Waals surface area (Å²) in [7, 11) is -3.62. The second-order valence-electron chi connectivity index (χ2n) is 5.90. The van der Waals surface area contributed by atoms with Crippen LogP contribution in [-0.4, -0.2) is 37.7 Å². The first kappa shape index (κ1) is 19.1. The maximum Gasteiger partial charge on any atom is 0.363 e. The molecule has 0 N–H and O–H groups in total. The second-order valence-corrected chi connectivity index (χ2v) is 7.84.